The van der Waals surface area contributed by atoms with Crippen LogP contribution in [0.3, 0.4) is 0 Å². The van der Waals surface area contributed by atoms with Gasteiger partial charge in [-0.2, -0.15) is 0 Å². The molecule has 8 nitrogen and oxygen atoms in total. The number of allylic oxidation sites excluding steroid dienone is 5. The maximum Gasteiger partial charge on any atom is 0.472 e. The first kappa shape index (κ1) is 44.7. The lowest BCUT2D eigenvalue weighted by Crippen LogP contribution is -2.45. The van der Waals surface area contributed by atoms with E-state index in [0.717, 1.165) is 51.4 Å². The van der Waals surface area contributed by atoms with Crippen molar-refractivity contribution in [2.45, 2.75) is 154 Å². The Balaban J connectivity index is 4.41. The Morgan fingerprint density at radius 2 is 1.24 bits per heavy atom. The van der Waals surface area contributed by atoms with Gasteiger partial charge in [0.05, 0.1) is 39.9 Å². The third kappa shape index (κ3) is 31.3. The summed E-state index contributed by atoms with van der Waals surface area (Å²) in [6.07, 6.45) is 33.6. The molecule has 0 aromatic heterocycles. The first-order valence-corrected chi connectivity index (χ1v) is 19.9. The standard InChI is InChI=1S/C37H71N2O6P/c1-6-8-10-12-14-15-16-17-18-19-20-21-22-23-25-27-29-31-37(41)38-35(36(40)30-28-26-24-13-11-9-7-2)34-45-46(42,43)44-33-32-39(3,4)5/h14-15,17-18,28,30,35-36,40H,6-13,16,19-27,29,31-34H2,1-5H3,(H-,38,41,42,43)/p+1/b15-14-,18-17-,30-28+. The van der Waals surface area contributed by atoms with Crippen molar-refractivity contribution >= 4 is 13.7 Å². The van der Waals surface area contributed by atoms with E-state index in [1.54, 1.807) is 6.08 Å². The van der Waals surface area contributed by atoms with Crippen LogP contribution in [0.1, 0.15) is 142 Å². The topological polar surface area (TPSA) is 105 Å². The summed E-state index contributed by atoms with van der Waals surface area (Å²) in [5.41, 5.74) is 0. The maximum atomic E-state index is 12.7. The van der Waals surface area contributed by atoms with Crippen LogP contribution in [-0.4, -0.2) is 73.4 Å². The van der Waals surface area contributed by atoms with E-state index in [4.69, 9.17) is 9.05 Å². The number of hydrogen-bond donors (Lipinski definition) is 3. The number of rotatable bonds is 32. The van der Waals surface area contributed by atoms with Gasteiger partial charge in [0.25, 0.3) is 0 Å². The first-order chi connectivity index (χ1) is 22.0. The number of phosphoric acid groups is 1. The zero-order valence-electron chi connectivity index (χ0n) is 30.3. The van der Waals surface area contributed by atoms with Crippen LogP contribution >= 0.6 is 7.82 Å². The number of nitrogens with one attached hydrogen (secondary N) is 1. The van der Waals surface area contributed by atoms with Gasteiger partial charge in [0.2, 0.25) is 5.91 Å². The Labute approximate surface area is 283 Å². The van der Waals surface area contributed by atoms with Crippen LogP contribution in [-0.2, 0) is 18.4 Å². The molecule has 3 unspecified atom stereocenters. The highest BCUT2D eigenvalue weighted by Gasteiger charge is 2.27. The van der Waals surface area contributed by atoms with Crippen LogP contribution in [0, 0.1) is 0 Å². The first-order valence-electron chi connectivity index (χ1n) is 18.4. The number of hydrogen-bond acceptors (Lipinski definition) is 5. The molecule has 9 heteroatoms. The summed E-state index contributed by atoms with van der Waals surface area (Å²) in [6.45, 7) is 4.69. The fraction of sp³-hybridized carbons (Fsp3) is 0.811. The number of phosphoric ester groups is 1. The van der Waals surface area contributed by atoms with E-state index in [2.05, 4.69) is 43.5 Å². The van der Waals surface area contributed by atoms with Gasteiger partial charge < -0.3 is 19.8 Å². The summed E-state index contributed by atoms with van der Waals surface area (Å²) in [7, 11) is 1.56. The number of quaternary nitrogens is 1. The molecule has 0 aromatic carbocycles. The summed E-state index contributed by atoms with van der Waals surface area (Å²) in [4.78, 5) is 22.9. The normalized spacial score (nSPS) is 15.2. The molecule has 0 heterocycles. The van der Waals surface area contributed by atoms with E-state index in [1.165, 1.54) is 70.6 Å². The summed E-state index contributed by atoms with van der Waals surface area (Å²) >= 11 is 0. The summed E-state index contributed by atoms with van der Waals surface area (Å²) < 4.78 is 23.3. The van der Waals surface area contributed by atoms with E-state index in [1.807, 2.05) is 27.2 Å². The second kappa shape index (κ2) is 29.8. The largest absolute Gasteiger partial charge is 0.472 e. The molecule has 0 fully saturated rings. The number of aliphatic hydroxyl groups excluding tert-OH is 1. The van der Waals surface area contributed by atoms with Crippen molar-refractivity contribution < 1.29 is 32.9 Å². The van der Waals surface area contributed by atoms with E-state index in [-0.39, 0.29) is 19.1 Å². The average Bonchev–Trinajstić information content (AvgIpc) is 2.99. The number of carbonyl (C=O) groups excluding carboxylic acids is 1. The molecule has 3 N–H and O–H groups in total. The Morgan fingerprint density at radius 1 is 0.739 bits per heavy atom. The van der Waals surface area contributed by atoms with E-state index < -0.39 is 20.0 Å². The SMILES string of the molecule is CCCCC/C=C\C/C=C\CCCCCCCCCC(=O)NC(COP(=O)(O)OCC[N+](C)(C)C)C(O)/C=C/CCCCCCC. The van der Waals surface area contributed by atoms with E-state index in [0.29, 0.717) is 17.4 Å². The van der Waals surface area contributed by atoms with E-state index in [9.17, 15) is 19.4 Å². The zero-order chi connectivity index (χ0) is 34.4. The molecule has 0 aliphatic rings. The molecule has 0 radical (unpaired) electrons. The van der Waals surface area contributed by atoms with Crippen LogP contribution in [0.2, 0.25) is 0 Å². The van der Waals surface area contributed by atoms with E-state index >= 15 is 0 Å². The van der Waals surface area contributed by atoms with Crippen molar-refractivity contribution in [1.29, 1.82) is 0 Å². The summed E-state index contributed by atoms with van der Waals surface area (Å²) in [5.74, 6) is -0.193. The van der Waals surface area contributed by atoms with Crippen LogP contribution in [0.4, 0.5) is 0 Å². The van der Waals surface area contributed by atoms with Crippen molar-refractivity contribution in [1.82, 2.24) is 5.32 Å². The minimum atomic E-state index is -4.32. The average molecular weight is 672 g/mol. The number of nitrogens with zero attached hydrogens (tertiary/aromatic N) is 1. The molecular weight excluding hydrogens is 599 g/mol. The molecule has 3 atom stereocenters. The van der Waals surface area contributed by atoms with Crippen molar-refractivity contribution in [3.05, 3.63) is 36.5 Å². The zero-order valence-corrected chi connectivity index (χ0v) is 31.2. The van der Waals surface area contributed by atoms with Crippen molar-refractivity contribution in [2.24, 2.45) is 0 Å². The van der Waals surface area contributed by atoms with Crippen LogP contribution in [0.15, 0.2) is 36.5 Å². The second-order valence-corrected chi connectivity index (χ2v) is 15.0. The predicted molar refractivity (Wildman–Crippen MR) is 194 cm³/mol. The highest BCUT2D eigenvalue weighted by atomic mass is 31.2. The van der Waals surface area contributed by atoms with Gasteiger partial charge in [-0.3, -0.25) is 13.8 Å². The van der Waals surface area contributed by atoms with Gasteiger partial charge >= 0.3 is 7.82 Å². The molecular formula is C37H72N2O6P+. The van der Waals surface area contributed by atoms with Gasteiger partial charge in [-0.1, -0.05) is 121 Å². The highest BCUT2D eigenvalue weighted by Crippen LogP contribution is 2.43. The second-order valence-electron chi connectivity index (χ2n) is 13.6. The number of likely N-dealkylation sites (N-methyl/N-ethyl adjacent to an activating group) is 1. The molecule has 0 aliphatic carbocycles. The molecule has 0 aromatic rings. The molecule has 1 amide bonds. The number of aliphatic hydroxyl groups is 1. The Bertz CT molecular complexity index is 855. The van der Waals surface area contributed by atoms with Crippen LogP contribution in [0.25, 0.3) is 0 Å². The van der Waals surface area contributed by atoms with Gasteiger partial charge in [-0.15, -0.1) is 0 Å². The third-order valence-electron chi connectivity index (χ3n) is 7.85. The minimum Gasteiger partial charge on any atom is -0.387 e. The Morgan fingerprint density at radius 3 is 1.83 bits per heavy atom. The molecule has 0 spiro atoms. The monoisotopic (exact) mass is 672 g/mol. The van der Waals surface area contributed by atoms with Crippen molar-refractivity contribution in [3.8, 4) is 0 Å². The molecule has 0 saturated heterocycles. The highest BCUT2D eigenvalue weighted by molar-refractivity contribution is 7.47. The molecule has 46 heavy (non-hydrogen) atoms. The fourth-order valence-corrected chi connectivity index (χ4v) is 5.57. The Hall–Kier alpha value is -1.28. The quantitative estimate of drug-likeness (QED) is 0.0285. The number of carbonyl (C=O) groups is 1. The summed E-state index contributed by atoms with van der Waals surface area (Å²) in [6, 6.07) is -0.845. The molecule has 0 rings (SSSR count). The fourth-order valence-electron chi connectivity index (χ4n) is 4.83. The molecule has 270 valence electrons. The van der Waals surface area contributed by atoms with Gasteiger partial charge in [0, 0.05) is 6.42 Å². The third-order valence-corrected chi connectivity index (χ3v) is 8.84. The maximum absolute atomic E-state index is 12.7. The van der Waals surface area contributed by atoms with Crippen molar-refractivity contribution in [3.63, 3.8) is 0 Å². The predicted octanol–water partition coefficient (Wildman–Crippen LogP) is 9.18. The lowest BCUT2D eigenvalue weighted by molar-refractivity contribution is -0.870. The Kier molecular flexibility index (Phi) is 29.0. The summed E-state index contributed by atoms with van der Waals surface area (Å²) in [5, 5.41) is 13.6. The molecule has 0 aliphatic heterocycles. The van der Waals surface area contributed by atoms with Gasteiger partial charge in [-0.25, -0.2) is 4.57 Å². The molecule has 0 bridgehead atoms. The van der Waals surface area contributed by atoms with Crippen LogP contribution < -0.4 is 5.32 Å². The minimum absolute atomic E-state index is 0.0585. The van der Waals surface area contributed by atoms with Gasteiger partial charge in [0.15, 0.2) is 0 Å². The molecule has 0 saturated carbocycles. The lowest BCUT2D eigenvalue weighted by atomic mass is 10.1. The lowest BCUT2D eigenvalue weighted by Gasteiger charge is -2.25. The van der Waals surface area contributed by atoms with Gasteiger partial charge in [0.1, 0.15) is 13.2 Å². The number of amides is 1. The smallest absolute Gasteiger partial charge is 0.387 e. The number of unbranched alkanes of at least 4 members (excludes halogenated alkanes) is 15. The van der Waals surface area contributed by atoms with Crippen LogP contribution in [0.5, 0.6) is 0 Å². The van der Waals surface area contributed by atoms with Gasteiger partial charge in [-0.05, 0) is 51.4 Å². The van der Waals surface area contributed by atoms with Crippen molar-refractivity contribution in [2.75, 3.05) is 40.9 Å².